The summed E-state index contributed by atoms with van der Waals surface area (Å²) in [6.45, 7) is 2.75. The molecule has 0 radical (unpaired) electrons. The van der Waals surface area contributed by atoms with Crippen LogP contribution >= 0.6 is 0 Å². The highest BCUT2D eigenvalue weighted by molar-refractivity contribution is 6.01. The van der Waals surface area contributed by atoms with Crippen LogP contribution in [0.5, 0.6) is 0 Å². The van der Waals surface area contributed by atoms with Gasteiger partial charge >= 0.3 is 0 Å². The molecule has 5 nitrogen and oxygen atoms in total. The summed E-state index contributed by atoms with van der Waals surface area (Å²) < 4.78 is 1.72. The van der Waals surface area contributed by atoms with E-state index in [0.717, 1.165) is 37.1 Å². The van der Waals surface area contributed by atoms with Crippen molar-refractivity contribution in [2.75, 3.05) is 6.54 Å². The number of nitrogens with zero attached hydrogens (tertiary/aromatic N) is 2. The lowest BCUT2D eigenvalue weighted by molar-refractivity contribution is 0.0861. The predicted octanol–water partition coefficient (Wildman–Crippen LogP) is 1.97. The SMILES string of the molecule is CC1CCC(CN)(NC(=O)c2cnn3ccccc23)CC1. The number of amides is 1. The highest BCUT2D eigenvalue weighted by Crippen LogP contribution is 2.31. The molecule has 5 heteroatoms. The van der Waals surface area contributed by atoms with Crippen LogP contribution in [0, 0.1) is 5.92 Å². The Morgan fingerprint density at radius 3 is 2.95 bits per heavy atom. The first-order valence-corrected chi connectivity index (χ1v) is 7.58. The summed E-state index contributed by atoms with van der Waals surface area (Å²) in [4.78, 5) is 12.6. The minimum atomic E-state index is -0.257. The zero-order valence-electron chi connectivity index (χ0n) is 12.4. The Morgan fingerprint density at radius 1 is 1.48 bits per heavy atom. The Morgan fingerprint density at radius 2 is 2.24 bits per heavy atom. The Bertz CT molecular complexity index is 641. The van der Waals surface area contributed by atoms with Gasteiger partial charge in [0.25, 0.3) is 5.91 Å². The fraction of sp³-hybridized carbons (Fsp3) is 0.500. The Hall–Kier alpha value is -1.88. The number of carbonyl (C=O) groups is 1. The quantitative estimate of drug-likeness (QED) is 0.906. The molecule has 0 unspecified atom stereocenters. The largest absolute Gasteiger partial charge is 0.345 e. The molecular weight excluding hydrogens is 264 g/mol. The second-order valence-electron chi connectivity index (χ2n) is 6.21. The number of fused-ring (bicyclic) bond motifs is 1. The van der Waals surface area contributed by atoms with Gasteiger partial charge in [-0.3, -0.25) is 4.79 Å². The lowest BCUT2D eigenvalue weighted by Crippen LogP contribution is -2.55. The maximum atomic E-state index is 12.6. The molecule has 1 saturated carbocycles. The molecule has 2 aromatic heterocycles. The van der Waals surface area contributed by atoms with Crippen molar-refractivity contribution in [1.82, 2.24) is 14.9 Å². The number of hydrogen-bond donors (Lipinski definition) is 2. The van der Waals surface area contributed by atoms with E-state index < -0.39 is 0 Å². The van der Waals surface area contributed by atoms with Crippen LogP contribution in [0.1, 0.15) is 43.0 Å². The van der Waals surface area contributed by atoms with Crippen LogP contribution in [0.3, 0.4) is 0 Å². The number of hydrogen-bond acceptors (Lipinski definition) is 3. The molecule has 112 valence electrons. The fourth-order valence-electron chi connectivity index (χ4n) is 3.11. The molecule has 3 N–H and O–H groups in total. The molecule has 2 aromatic rings. The van der Waals surface area contributed by atoms with Crippen molar-refractivity contribution in [3.63, 3.8) is 0 Å². The van der Waals surface area contributed by atoms with E-state index in [9.17, 15) is 4.79 Å². The third-order valence-electron chi connectivity index (χ3n) is 4.67. The van der Waals surface area contributed by atoms with Crippen LogP contribution in [0.2, 0.25) is 0 Å². The van der Waals surface area contributed by atoms with Crippen LogP contribution in [-0.4, -0.2) is 27.6 Å². The van der Waals surface area contributed by atoms with Gasteiger partial charge in [0.2, 0.25) is 0 Å². The van der Waals surface area contributed by atoms with E-state index in [0.29, 0.717) is 12.1 Å². The Kier molecular flexibility index (Phi) is 3.68. The van der Waals surface area contributed by atoms with Crippen molar-refractivity contribution in [2.24, 2.45) is 11.7 Å². The van der Waals surface area contributed by atoms with E-state index >= 15 is 0 Å². The van der Waals surface area contributed by atoms with Gasteiger partial charge < -0.3 is 11.1 Å². The molecule has 1 aliphatic rings. The monoisotopic (exact) mass is 286 g/mol. The number of aromatic nitrogens is 2. The highest BCUT2D eigenvalue weighted by Gasteiger charge is 2.35. The maximum Gasteiger partial charge on any atom is 0.255 e. The zero-order valence-corrected chi connectivity index (χ0v) is 12.4. The van der Waals surface area contributed by atoms with Crippen molar-refractivity contribution in [1.29, 1.82) is 0 Å². The molecule has 0 atom stereocenters. The predicted molar refractivity (Wildman–Crippen MR) is 82.1 cm³/mol. The van der Waals surface area contributed by atoms with Gasteiger partial charge in [0, 0.05) is 12.7 Å². The van der Waals surface area contributed by atoms with E-state index in [1.165, 1.54) is 0 Å². The van der Waals surface area contributed by atoms with Crippen molar-refractivity contribution in [2.45, 2.75) is 38.1 Å². The first-order chi connectivity index (χ1) is 10.1. The molecular formula is C16H22N4O. The molecule has 21 heavy (non-hydrogen) atoms. The van der Waals surface area contributed by atoms with E-state index in [2.05, 4.69) is 17.3 Å². The van der Waals surface area contributed by atoms with Gasteiger partial charge in [-0.05, 0) is 43.7 Å². The summed E-state index contributed by atoms with van der Waals surface area (Å²) in [6, 6.07) is 5.71. The smallest absolute Gasteiger partial charge is 0.255 e. The first kappa shape index (κ1) is 14.1. The molecule has 0 spiro atoms. The maximum absolute atomic E-state index is 12.6. The fourth-order valence-corrected chi connectivity index (χ4v) is 3.11. The number of carbonyl (C=O) groups excluding carboxylic acids is 1. The van der Waals surface area contributed by atoms with E-state index in [-0.39, 0.29) is 11.4 Å². The minimum absolute atomic E-state index is 0.0730. The van der Waals surface area contributed by atoms with Gasteiger partial charge in [0.05, 0.1) is 22.8 Å². The Balaban J connectivity index is 1.82. The lowest BCUT2D eigenvalue weighted by atomic mass is 9.77. The van der Waals surface area contributed by atoms with Crippen molar-refractivity contribution >= 4 is 11.4 Å². The second-order valence-corrected chi connectivity index (χ2v) is 6.21. The summed E-state index contributed by atoms with van der Waals surface area (Å²) in [5, 5.41) is 7.40. The van der Waals surface area contributed by atoms with Crippen LogP contribution in [0.25, 0.3) is 5.52 Å². The average molecular weight is 286 g/mol. The molecule has 0 bridgehead atoms. The summed E-state index contributed by atoms with van der Waals surface area (Å²) in [5.41, 5.74) is 7.14. The first-order valence-electron chi connectivity index (χ1n) is 7.58. The van der Waals surface area contributed by atoms with Crippen LogP contribution in [0.15, 0.2) is 30.6 Å². The topological polar surface area (TPSA) is 72.4 Å². The highest BCUT2D eigenvalue weighted by atomic mass is 16.1. The van der Waals surface area contributed by atoms with Gasteiger partial charge in [-0.2, -0.15) is 5.10 Å². The normalized spacial score (nSPS) is 25.9. The lowest BCUT2D eigenvalue weighted by Gasteiger charge is -2.39. The molecule has 0 saturated heterocycles. The average Bonchev–Trinajstić information content (AvgIpc) is 2.94. The molecule has 0 aromatic carbocycles. The van der Waals surface area contributed by atoms with Crippen molar-refractivity contribution < 1.29 is 4.79 Å². The minimum Gasteiger partial charge on any atom is -0.345 e. The van der Waals surface area contributed by atoms with Crippen LogP contribution in [0.4, 0.5) is 0 Å². The van der Waals surface area contributed by atoms with Gasteiger partial charge in [0.15, 0.2) is 0 Å². The number of pyridine rings is 1. The molecule has 2 heterocycles. The zero-order chi connectivity index (χ0) is 14.9. The van der Waals surface area contributed by atoms with E-state index in [4.69, 9.17) is 5.73 Å². The molecule has 1 aliphatic carbocycles. The van der Waals surface area contributed by atoms with Gasteiger partial charge in [-0.25, -0.2) is 4.52 Å². The van der Waals surface area contributed by atoms with Gasteiger partial charge in [-0.15, -0.1) is 0 Å². The van der Waals surface area contributed by atoms with Crippen molar-refractivity contribution in [3.8, 4) is 0 Å². The molecule has 1 amide bonds. The van der Waals surface area contributed by atoms with Crippen LogP contribution in [-0.2, 0) is 0 Å². The Labute approximate surface area is 124 Å². The standard InChI is InChI=1S/C16H22N4O/c1-12-5-7-16(11-17,8-6-12)19-15(21)13-10-18-20-9-3-2-4-14(13)20/h2-4,9-10,12H,5-8,11,17H2,1H3,(H,19,21). The van der Waals surface area contributed by atoms with Gasteiger partial charge in [-0.1, -0.05) is 13.0 Å². The van der Waals surface area contributed by atoms with Gasteiger partial charge in [0.1, 0.15) is 0 Å². The van der Waals surface area contributed by atoms with E-state index in [1.807, 2.05) is 24.4 Å². The number of nitrogens with one attached hydrogen (secondary N) is 1. The molecule has 0 aliphatic heterocycles. The number of nitrogens with two attached hydrogens (primary N) is 1. The number of rotatable bonds is 3. The van der Waals surface area contributed by atoms with Crippen LogP contribution < -0.4 is 11.1 Å². The third kappa shape index (κ3) is 2.65. The molecule has 1 fully saturated rings. The van der Waals surface area contributed by atoms with E-state index in [1.54, 1.807) is 10.7 Å². The second kappa shape index (κ2) is 5.48. The summed E-state index contributed by atoms with van der Waals surface area (Å²) >= 11 is 0. The van der Waals surface area contributed by atoms with Crippen molar-refractivity contribution in [3.05, 3.63) is 36.2 Å². The summed E-state index contributed by atoms with van der Waals surface area (Å²) in [7, 11) is 0. The molecule has 3 rings (SSSR count). The summed E-state index contributed by atoms with van der Waals surface area (Å²) in [5.74, 6) is 0.648. The summed E-state index contributed by atoms with van der Waals surface area (Å²) in [6.07, 6.45) is 7.61. The third-order valence-corrected chi connectivity index (χ3v) is 4.67.